The van der Waals surface area contributed by atoms with Crippen molar-refractivity contribution in [1.29, 1.82) is 0 Å². The summed E-state index contributed by atoms with van der Waals surface area (Å²) in [5.74, 6) is -2.62. The predicted molar refractivity (Wildman–Crippen MR) is 453 cm³/mol. The van der Waals surface area contributed by atoms with Crippen LogP contribution in [-0.4, -0.2) is 287 Å². The molecule has 0 aromatic rings. The lowest BCUT2D eigenvalue weighted by molar-refractivity contribution is -0.138. The molecular weight excluding hydrogens is 1480 g/mol. The van der Waals surface area contributed by atoms with E-state index in [1.807, 2.05) is 0 Å². The molecule has 0 rings (SSSR count). The Kier molecular flexibility index (Phi) is 154. The van der Waals surface area contributed by atoms with Crippen molar-refractivity contribution in [2.24, 2.45) is 0 Å². The predicted octanol–water partition coefficient (Wildman–Crippen LogP) is 10.5. The lowest BCUT2D eigenvalue weighted by atomic mass is 10.0. The number of rotatable bonds is 70. The molecule has 698 valence electrons. The minimum atomic E-state index is -0.954. The van der Waals surface area contributed by atoms with Crippen molar-refractivity contribution in [1.82, 2.24) is 0 Å². The quantitative estimate of drug-likeness (QED) is 0.0252. The van der Waals surface area contributed by atoms with E-state index in [0.29, 0.717) is 25.7 Å². The normalized spacial score (nSPS) is 10.5. The molecule has 29 nitrogen and oxygen atoms in total. The molecule has 0 aliphatic carbocycles. The van der Waals surface area contributed by atoms with Crippen molar-refractivity contribution in [2.45, 2.75) is 430 Å². The van der Waals surface area contributed by atoms with Crippen molar-refractivity contribution in [3.05, 3.63) is 0 Å². The van der Waals surface area contributed by atoms with Crippen molar-refractivity contribution < 1.29 is 147 Å². The van der Waals surface area contributed by atoms with Crippen LogP contribution in [0.5, 0.6) is 0 Å². The van der Waals surface area contributed by atoms with Gasteiger partial charge in [-0.2, -0.15) is 0 Å². The zero-order chi connectivity index (χ0) is 88.8. The molecule has 0 unspecified atom stereocenters. The highest BCUT2D eigenvalue weighted by molar-refractivity contribution is 5.67. The second kappa shape index (κ2) is 131. The highest BCUT2D eigenvalue weighted by atomic mass is 16.4. The number of hydrogen-bond acceptors (Lipinski definition) is 25. The Morgan fingerprint density at radius 3 is 0.272 bits per heavy atom. The molecule has 0 aliphatic heterocycles. The first-order valence-corrected chi connectivity index (χ1v) is 43.9. The zero-order valence-corrected chi connectivity index (χ0v) is 72.4. The fourth-order valence-corrected chi connectivity index (χ4v) is 9.58. The molecule has 0 fully saturated rings. The number of hydrogen-bond donors (Lipinski definition) is 25. The van der Waals surface area contributed by atoms with Gasteiger partial charge in [0.1, 0.15) is 42.7 Å². The number of aliphatic hydroxyl groups is 21. The van der Waals surface area contributed by atoms with Crippen molar-refractivity contribution in [3.63, 3.8) is 0 Å². The van der Waals surface area contributed by atoms with Gasteiger partial charge in [0.05, 0.1) is 92.5 Å². The van der Waals surface area contributed by atoms with E-state index in [1.165, 1.54) is 283 Å². The molecule has 0 radical (unpaired) electrons. The third-order valence-electron chi connectivity index (χ3n) is 16.9. The van der Waals surface area contributed by atoms with E-state index in [9.17, 15) is 19.2 Å². The van der Waals surface area contributed by atoms with E-state index in [4.69, 9.17) is 128 Å². The van der Waals surface area contributed by atoms with Crippen molar-refractivity contribution in [3.8, 4) is 0 Å². The molecule has 0 saturated carbocycles. The SMILES string of the molecule is CCCCCCCCCCCCCCCC(=O)O.CCCCCCCCCCCCCCCC(=O)O.CCCCCCCCCCCCCCCC(=O)O.CCCCCCCCCCCCCCCC(=O)O.OCC(O)CO.OCC(O)CO.OCC(O)CO.OCC(O)CO.OCC(O)CO.OCC(O)CO.OCC(O)CO. The average Bonchev–Trinajstić information content (AvgIpc) is 1.43. The Bertz CT molecular complexity index is 1370. The molecule has 0 spiro atoms. The number of unbranched alkanes of at least 4 members (excludes halogenated alkanes) is 48. The summed E-state index contributed by atoms with van der Waals surface area (Å²) in [5, 5.41) is 202. The van der Waals surface area contributed by atoms with E-state index in [1.54, 1.807) is 0 Å². The molecular formula is C85H184O29. The molecule has 0 aliphatic rings. The molecule has 0 amide bonds. The fraction of sp³-hybridized carbons (Fsp3) is 0.953. The first-order valence-electron chi connectivity index (χ1n) is 43.9. The summed E-state index contributed by atoms with van der Waals surface area (Å²) in [5.41, 5.74) is 0. The summed E-state index contributed by atoms with van der Waals surface area (Å²) in [6, 6.07) is 0. The summed E-state index contributed by atoms with van der Waals surface area (Å²) in [4.78, 5) is 41.2. The summed E-state index contributed by atoms with van der Waals surface area (Å²) in [6.45, 7) is 3.94. The number of carboxylic acids is 4. The molecule has 0 bridgehead atoms. The lowest BCUT2D eigenvalue weighted by Crippen LogP contribution is -2.15. The Morgan fingerprint density at radius 1 is 0.149 bits per heavy atom. The molecule has 25 N–H and O–H groups in total. The first kappa shape index (κ1) is 134. The summed E-state index contributed by atoms with van der Waals surface area (Å²) in [6.07, 6.45) is 62.4. The summed E-state index contributed by atoms with van der Waals surface area (Å²) in [7, 11) is 0. The zero-order valence-electron chi connectivity index (χ0n) is 72.4. The van der Waals surface area contributed by atoms with Crippen LogP contribution in [0.4, 0.5) is 0 Å². The molecule has 29 heteroatoms. The topological polar surface area (TPSA) is 574 Å². The molecule has 0 saturated heterocycles. The van der Waals surface area contributed by atoms with Gasteiger partial charge in [-0.05, 0) is 25.7 Å². The Balaban J connectivity index is -0.000000118. The highest BCUT2D eigenvalue weighted by Crippen LogP contribution is 2.17. The maximum Gasteiger partial charge on any atom is 0.303 e. The first-order chi connectivity index (χ1) is 54.7. The third-order valence-corrected chi connectivity index (χ3v) is 16.9. The van der Waals surface area contributed by atoms with Crippen LogP contribution < -0.4 is 0 Å². The molecule has 0 heterocycles. The molecule has 0 aromatic carbocycles. The van der Waals surface area contributed by atoms with Gasteiger partial charge in [0.15, 0.2) is 0 Å². The fourth-order valence-electron chi connectivity index (χ4n) is 9.58. The number of aliphatic carboxylic acids is 4. The number of carbonyl (C=O) groups is 4. The van der Waals surface area contributed by atoms with Gasteiger partial charge in [-0.25, -0.2) is 0 Å². The second-order valence-corrected chi connectivity index (χ2v) is 28.7. The van der Waals surface area contributed by atoms with Crippen LogP contribution in [0.25, 0.3) is 0 Å². The maximum atomic E-state index is 10.3. The van der Waals surface area contributed by atoms with Gasteiger partial charge in [0, 0.05) is 25.7 Å². The van der Waals surface area contributed by atoms with Crippen LogP contribution in [-0.2, 0) is 19.2 Å². The van der Waals surface area contributed by atoms with Crippen LogP contribution in [0.2, 0.25) is 0 Å². The van der Waals surface area contributed by atoms with E-state index in [0.717, 1.165) is 51.4 Å². The Morgan fingerprint density at radius 2 is 0.219 bits per heavy atom. The highest BCUT2D eigenvalue weighted by Gasteiger charge is 2.04. The number of aliphatic hydroxyl groups excluding tert-OH is 21. The lowest BCUT2D eigenvalue weighted by Gasteiger charge is -2.02. The third kappa shape index (κ3) is 176. The average molecular weight is 1670 g/mol. The van der Waals surface area contributed by atoms with Gasteiger partial charge in [-0.1, -0.05) is 336 Å². The van der Waals surface area contributed by atoms with Gasteiger partial charge in [-0.3, -0.25) is 19.2 Å². The van der Waals surface area contributed by atoms with Crippen LogP contribution >= 0.6 is 0 Å². The van der Waals surface area contributed by atoms with Crippen molar-refractivity contribution in [2.75, 3.05) is 92.5 Å². The minimum absolute atomic E-state index is 0.345. The second-order valence-electron chi connectivity index (χ2n) is 28.7. The van der Waals surface area contributed by atoms with Crippen LogP contribution in [0.15, 0.2) is 0 Å². The summed E-state index contributed by atoms with van der Waals surface area (Å²) >= 11 is 0. The Hall–Kier alpha value is -2.96. The van der Waals surface area contributed by atoms with E-state index < -0.39 is 66.6 Å². The van der Waals surface area contributed by atoms with Gasteiger partial charge < -0.3 is 128 Å². The Labute approximate surface area is 690 Å². The standard InChI is InChI=1S/4C16H32O2.7C3H8O3/c4*1-2-3-4-5-6-7-8-9-10-11-12-13-14-15-16(17)18;7*4-1-3(6)2-5/h4*2-15H2,1H3,(H,17,18);7*3-6H,1-2H2. The summed E-state index contributed by atoms with van der Waals surface area (Å²) < 4.78 is 0. The van der Waals surface area contributed by atoms with Gasteiger partial charge >= 0.3 is 23.9 Å². The maximum absolute atomic E-state index is 10.3. The minimum Gasteiger partial charge on any atom is -0.481 e. The molecule has 114 heavy (non-hydrogen) atoms. The van der Waals surface area contributed by atoms with Crippen molar-refractivity contribution >= 4 is 23.9 Å². The smallest absolute Gasteiger partial charge is 0.303 e. The molecule has 0 atom stereocenters. The largest absolute Gasteiger partial charge is 0.481 e. The van der Waals surface area contributed by atoms with E-state index >= 15 is 0 Å². The van der Waals surface area contributed by atoms with Gasteiger partial charge in [-0.15, -0.1) is 0 Å². The van der Waals surface area contributed by atoms with Gasteiger partial charge in [0.25, 0.3) is 0 Å². The van der Waals surface area contributed by atoms with Crippen LogP contribution in [0.1, 0.15) is 387 Å². The van der Waals surface area contributed by atoms with E-state index in [2.05, 4.69) is 27.7 Å². The van der Waals surface area contributed by atoms with Gasteiger partial charge in [0.2, 0.25) is 0 Å². The van der Waals surface area contributed by atoms with Crippen LogP contribution in [0.3, 0.4) is 0 Å². The molecule has 0 aromatic heterocycles. The number of carboxylic acid groups (broad SMARTS) is 4. The van der Waals surface area contributed by atoms with E-state index in [-0.39, 0.29) is 92.5 Å². The van der Waals surface area contributed by atoms with Crippen LogP contribution in [0, 0.1) is 0 Å². The monoisotopic (exact) mass is 1670 g/mol.